The normalized spacial score (nSPS) is 15.2. The van der Waals surface area contributed by atoms with Gasteiger partial charge in [0.05, 0.1) is 13.2 Å². The van der Waals surface area contributed by atoms with Crippen LogP contribution in [-0.4, -0.2) is 73.3 Å². The summed E-state index contributed by atoms with van der Waals surface area (Å²) in [6, 6.07) is 1.75. The molecule has 0 unspecified atom stereocenters. The predicted octanol–water partition coefficient (Wildman–Crippen LogP) is 1.47. The van der Waals surface area contributed by atoms with Crippen LogP contribution in [0.25, 0.3) is 0 Å². The van der Waals surface area contributed by atoms with E-state index >= 15 is 0 Å². The van der Waals surface area contributed by atoms with E-state index in [1.807, 2.05) is 6.92 Å². The minimum atomic E-state index is -0.132. The van der Waals surface area contributed by atoms with E-state index in [4.69, 9.17) is 4.74 Å². The Bertz CT molecular complexity index is 540. The maximum Gasteiger partial charge on any atom is 0.270 e. The number of aryl methyl sites for hydroxylation is 1. The molecule has 7 nitrogen and oxygen atoms in total. The quantitative estimate of drug-likeness (QED) is 0.728. The first-order valence-electron chi connectivity index (χ1n) is 9.33. The van der Waals surface area contributed by atoms with Gasteiger partial charge in [0.25, 0.3) is 5.91 Å². The van der Waals surface area contributed by atoms with Crippen molar-refractivity contribution < 1.29 is 9.53 Å². The van der Waals surface area contributed by atoms with Crippen LogP contribution in [0.2, 0.25) is 0 Å². The lowest BCUT2D eigenvalue weighted by molar-refractivity contribution is 0.0383. The monoisotopic (exact) mass is 349 g/mol. The van der Waals surface area contributed by atoms with Gasteiger partial charge in [-0.15, -0.1) is 0 Å². The van der Waals surface area contributed by atoms with Crippen molar-refractivity contribution in [2.75, 3.05) is 57.4 Å². The fourth-order valence-electron chi connectivity index (χ4n) is 2.91. The maximum atomic E-state index is 12.5. The molecule has 0 aromatic carbocycles. The molecule has 0 spiro atoms. The minimum absolute atomic E-state index is 0.132. The Hall–Kier alpha value is -1.73. The highest BCUT2D eigenvalue weighted by molar-refractivity contribution is 5.92. The number of nitrogens with zero attached hydrogens (tertiary/aromatic N) is 4. The van der Waals surface area contributed by atoms with Gasteiger partial charge in [-0.3, -0.25) is 9.69 Å². The van der Waals surface area contributed by atoms with Crippen LogP contribution in [0.3, 0.4) is 0 Å². The third-order valence-corrected chi connectivity index (χ3v) is 4.16. The Labute approximate surface area is 150 Å². The molecule has 1 amide bonds. The second-order valence-corrected chi connectivity index (χ2v) is 6.39. The average Bonchev–Trinajstić information content (AvgIpc) is 2.62. The van der Waals surface area contributed by atoms with Gasteiger partial charge in [0.15, 0.2) is 0 Å². The number of ether oxygens (including phenoxy) is 1. The third kappa shape index (κ3) is 6.25. The molecule has 0 saturated carbocycles. The summed E-state index contributed by atoms with van der Waals surface area (Å²) in [6.45, 7) is 12.8. The number of anilines is 1. The number of carbonyl (C=O) groups is 1. The van der Waals surface area contributed by atoms with Gasteiger partial charge in [0, 0.05) is 45.0 Å². The highest BCUT2D eigenvalue weighted by Gasteiger charge is 2.15. The zero-order valence-electron chi connectivity index (χ0n) is 15.8. The first-order chi connectivity index (χ1) is 12.1. The molecule has 7 heteroatoms. The van der Waals surface area contributed by atoms with Gasteiger partial charge in [-0.1, -0.05) is 13.8 Å². The van der Waals surface area contributed by atoms with E-state index < -0.39 is 0 Å². The summed E-state index contributed by atoms with van der Waals surface area (Å²) >= 11 is 0. The first kappa shape index (κ1) is 19.6. The Kier molecular flexibility index (Phi) is 8.08. The van der Waals surface area contributed by atoms with Crippen molar-refractivity contribution in [2.45, 2.75) is 33.6 Å². The molecule has 0 atom stereocenters. The Balaban J connectivity index is 1.96. The Morgan fingerprint density at radius 1 is 1.24 bits per heavy atom. The average molecular weight is 349 g/mol. The Morgan fingerprint density at radius 2 is 1.92 bits per heavy atom. The summed E-state index contributed by atoms with van der Waals surface area (Å²) in [5, 5.41) is 2.97. The number of morpholine rings is 1. The summed E-state index contributed by atoms with van der Waals surface area (Å²) in [5.74, 6) is 0.523. The lowest BCUT2D eigenvalue weighted by atomic mass is 10.3. The molecule has 25 heavy (non-hydrogen) atoms. The molecule has 1 saturated heterocycles. The predicted molar refractivity (Wildman–Crippen MR) is 99.2 cm³/mol. The van der Waals surface area contributed by atoms with E-state index in [0.717, 1.165) is 64.5 Å². The molecule has 1 aliphatic rings. The van der Waals surface area contributed by atoms with Crippen molar-refractivity contribution in [3.05, 3.63) is 17.5 Å². The van der Waals surface area contributed by atoms with Crippen LogP contribution in [-0.2, 0) is 4.74 Å². The number of hydrogen-bond donors (Lipinski definition) is 1. The SMILES string of the molecule is CCCN(CCC)c1nc(C)cc(C(=O)NCCN2CCOCC2)n1. The van der Waals surface area contributed by atoms with Crippen molar-refractivity contribution in [3.8, 4) is 0 Å². The van der Waals surface area contributed by atoms with Crippen LogP contribution in [0.1, 0.15) is 42.9 Å². The van der Waals surface area contributed by atoms with E-state index in [9.17, 15) is 4.79 Å². The number of aromatic nitrogens is 2. The van der Waals surface area contributed by atoms with Crippen molar-refractivity contribution in [1.82, 2.24) is 20.2 Å². The molecule has 1 aliphatic heterocycles. The smallest absolute Gasteiger partial charge is 0.270 e. The van der Waals surface area contributed by atoms with Crippen molar-refractivity contribution in [2.24, 2.45) is 0 Å². The fraction of sp³-hybridized carbons (Fsp3) is 0.722. The zero-order chi connectivity index (χ0) is 18.1. The van der Waals surface area contributed by atoms with Crippen LogP contribution in [0.4, 0.5) is 5.95 Å². The topological polar surface area (TPSA) is 70.6 Å². The number of hydrogen-bond acceptors (Lipinski definition) is 6. The number of carbonyl (C=O) groups excluding carboxylic acids is 1. The summed E-state index contributed by atoms with van der Waals surface area (Å²) in [7, 11) is 0. The van der Waals surface area contributed by atoms with Gasteiger partial charge < -0.3 is 15.0 Å². The highest BCUT2D eigenvalue weighted by atomic mass is 16.5. The molecule has 1 aromatic rings. The van der Waals surface area contributed by atoms with Crippen molar-refractivity contribution >= 4 is 11.9 Å². The fourth-order valence-corrected chi connectivity index (χ4v) is 2.91. The highest BCUT2D eigenvalue weighted by Crippen LogP contribution is 2.12. The van der Waals surface area contributed by atoms with Gasteiger partial charge in [-0.25, -0.2) is 9.97 Å². The van der Waals surface area contributed by atoms with Gasteiger partial charge in [0.1, 0.15) is 5.69 Å². The van der Waals surface area contributed by atoms with E-state index in [0.29, 0.717) is 18.2 Å². The molecule has 1 N–H and O–H groups in total. The molecular weight excluding hydrogens is 318 g/mol. The second-order valence-electron chi connectivity index (χ2n) is 6.39. The third-order valence-electron chi connectivity index (χ3n) is 4.16. The zero-order valence-corrected chi connectivity index (χ0v) is 15.8. The van der Waals surface area contributed by atoms with Crippen LogP contribution in [0.15, 0.2) is 6.07 Å². The molecule has 1 aromatic heterocycles. The Morgan fingerprint density at radius 3 is 2.56 bits per heavy atom. The molecule has 140 valence electrons. The summed E-state index contributed by atoms with van der Waals surface area (Å²) in [6.07, 6.45) is 2.05. The van der Waals surface area contributed by atoms with Crippen LogP contribution < -0.4 is 10.2 Å². The maximum absolute atomic E-state index is 12.5. The van der Waals surface area contributed by atoms with Crippen molar-refractivity contribution in [1.29, 1.82) is 0 Å². The summed E-state index contributed by atoms with van der Waals surface area (Å²) < 4.78 is 5.33. The molecule has 0 radical (unpaired) electrons. The van der Waals surface area contributed by atoms with E-state index in [2.05, 4.69) is 38.9 Å². The number of rotatable bonds is 9. The molecule has 2 heterocycles. The minimum Gasteiger partial charge on any atom is -0.379 e. The van der Waals surface area contributed by atoms with E-state index in [1.54, 1.807) is 6.07 Å². The molecule has 2 rings (SSSR count). The van der Waals surface area contributed by atoms with Crippen LogP contribution >= 0.6 is 0 Å². The number of nitrogens with one attached hydrogen (secondary N) is 1. The van der Waals surface area contributed by atoms with Gasteiger partial charge in [0.2, 0.25) is 5.95 Å². The lowest BCUT2D eigenvalue weighted by Crippen LogP contribution is -2.41. The molecule has 0 aliphatic carbocycles. The van der Waals surface area contributed by atoms with E-state index in [-0.39, 0.29) is 5.91 Å². The van der Waals surface area contributed by atoms with Crippen molar-refractivity contribution in [3.63, 3.8) is 0 Å². The molecule has 0 bridgehead atoms. The largest absolute Gasteiger partial charge is 0.379 e. The van der Waals surface area contributed by atoms with Crippen LogP contribution in [0, 0.1) is 6.92 Å². The number of amides is 1. The van der Waals surface area contributed by atoms with Crippen LogP contribution in [0.5, 0.6) is 0 Å². The second kappa shape index (κ2) is 10.3. The van der Waals surface area contributed by atoms with Gasteiger partial charge in [-0.05, 0) is 25.8 Å². The molecular formula is C18H31N5O2. The van der Waals surface area contributed by atoms with Gasteiger partial charge in [-0.2, -0.15) is 0 Å². The first-order valence-corrected chi connectivity index (χ1v) is 9.33. The van der Waals surface area contributed by atoms with Gasteiger partial charge >= 0.3 is 0 Å². The standard InChI is InChI=1S/C18H31N5O2/c1-4-7-23(8-5-2)18-20-15(3)14-16(21-18)17(24)19-6-9-22-10-12-25-13-11-22/h14H,4-13H2,1-3H3,(H,19,24). The summed E-state index contributed by atoms with van der Waals surface area (Å²) in [5.41, 5.74) is 1.27. The summed E-state index contributed by atoms with van der Waals surface area (Å²) in [4.78, 5) is 25.9. The molecule has 1 fully saturated rings. The van der Waals surface area contributed by atoms with E-state index in [1.165, 1.54) is 0 Å². The lowest BCUT2D eigenvalue weighted by Gasteiger charge is -2.26.